The lowest BCUT2D eigenvalue weighted by Gasteiger charge is -2.35. The van der Waals surface area contributed by atoms with Gasteiger partial charge >= 0.3 is 0 Å². The molecule has 3 rings (SSSR count). The van der Waals surface area contributed by atoms with Crippen molar-refractivity contribution in [1.29, 1.82) is 0 Å². The minimum absolute atomic E-state index is 0.263. The van der Waals surface area contributed by atoms with Crippen LogP contribution >= 0.6 is 0 Å². The van der Waals surface area contributed by atoms with Gasteiger partial charge in [-0.05, 0) is 25.5 Å². The number of amides is 1. The number of hydrogen-bond acceptors (Lipinski definition) is 4. The molecule has 0 saturated carbocycles. The third-order valence-corrected chi connectivity index (χ3v) is 4.10. The Balaban J connectivity index is 1.72. The van der Waals surface area contributed by atoms with Gasteiger partial charge in [0, 0.05) is 51.1 Å². The Morgan fingerprint density at radius 2 is 1.74 bits per heavy atom. The molecule has 0 unspecified atom stereocenters. The lowest BCUT2D eigenvalue weighted by molar-refractivity contribution is -0.131. The summed E-state index contributed by atoms with van der Waals surface area (Å²) in [4.78, 5) is 25.2. The van der Waals surface area contributed by atoms with Crippen LogP contribution in [0, 0.1) is 6.92 Å². The molecule has 0 N–H and O–H groups in total. The largest absolute Gasteiger partial charge is 0.353 e. The van der Waals surface area contributed by atoms with E-state index >= 15 is 0 Å². The second-order valence-electron chi connectivity index (χ2n) is 5.84. The maximum atomic E-state index is 12.0. The van der Waals surface area contributed by atoms with Gasteiger partial charge in [0.15, 0.2) is 0 Å². The Labute approximate surface area is 136 Å². The number of nitrogens with zero attached hydrogens (tertiary/aromatic N) is 5. The van der Waals surface area contributed by atoms with Crippen molar-refractivity contribution < 1.29 is 4.79 Å². The summed E-state index contributed by atoms with van der Waals surface area (Å²) >= 11 is 0. The topological polar surface area (TPSA) is 54.3 Å². The summed E-state index contributed by atoms with van der Waals surface area (Å²) in [6.45, 7) is 7.12. The van der Waals surface area contributed by atoms with E-state index in [9.17, 15) is 4.79 Å². The third kappa shape index (κ3) is 3.52. The lowest BCUT2D eigenvalue weighted by Crippen LogP contribution is -2.49. The molecular weight excluding hydrogens is 290 g/mol. The summed E-state index contributed by atoms with van der Waals surface area (Å²) in [5.74, 6) is 2.83. The van der Waals surface area contributed by atoms with E-state index in [4.69, 9.17) is 0 Å². The minimum atomic E-state index is 0.263. The normalized spacial score (nSPS) is 15.0. The Morgan fingerprint density at radius 3 is 2.39 bits per heavy atom. The number of aromatic nitrogens is 3. The van der Waals surface area contributed by atoms with Crippen molar-refractivity contribution in [1.82, 2.24) is 19.4 Å². The molecule has 0 atom stereocenters. The zero-order valence-electron chi connectivity index (χ0n) is 13.8. The fraction of sp³-hybridized carbons (Fsp3) is 0.471. The van der Waals surface area contributed by atoms with Crippen molar-refractivity contribution >= 4 is 11.7 Å². The molecule has 2 aromatic rings. The van der Waals surface area contributed by atoms with Crippen LogP contribution in [0.1, 0.15) is 25.6 Å². The number of piperazine rings is 1. The number of hydrogen-bond donors (Lipinski definition) is 0. The first-order chi connectivity index (χ1) is 11.2. The molecule has 0 aliphatic carbocycles. The highest BCUT2D eigenvalue weighted by Crippen LogP contribution is 2.18. The molecule has 1 aliphatic rings. The Morgan fingerprint density at radius 1 is 1.09 bits per heavy atom. The van der Waals surface area contributed by atoms with E-state index < -0.39 is 0 Å². The number of carbonyl (C=O) groups is 1. The molecule has 3 heterocycles. The van der Waals surface area contributed by atoms with Crippen LogP contribution in [0.4, 0.5) is 5.82 Å². The molecule has 1 amide bonds. The highest BCUT2D eigenvalue weighted by Gasteiger charge is 2.21. The molecule has 1 aliphatic heterocycles. The van der Waals surface area contributed by atoms with Crippen LogP contribution < -0.4 is 4.90 Å². The molecule has 1 saturated heterocycles. The van der Waals surface area contributed by atoms with Gasteiger partial charge in [0.2, 0.25) is 5.91 Å². The molecule has 0 aromatic carbocycles. The SMILES string of the molecule is CCCC(=O)N1CCN(c2cc(-n3cccc3)nc(C)n2)CC1. The van der Waals surface area contributed by atoms with Crippen molar-refractivity contribution in [3.05, 3.63) is 36.4 Å². The first-order valence-corrected chi connectivity index (χ1v) is 8.19. The van der Waals surface area contributed by atoms with Gasteiger partial charge in [-0.2, -0.15) is 0 Å². The zero-order chi connectivity index (χ0) is 16.2. The van der Waals surface area contributed by atoms with Gasteiger partial charge in [-0.15, -0.1) is 0 Å². The molecule has 1 fully saturated rings. The monoisotopic (exact) mass is 313 g/mol. The summed E-state index contributed by atoms with van der Waals surface area (Å²) in [6, 6.07) is 5.97. The molecule has 0 bridgehead atoms. The quantitative estimate of drug-likeness (QED) is 0.866. The highest BCUT2D eigenvalue weighted by molar-refractivity contribution is 5.76. The van der Waals surface area contributed by atoms with Gasteiger partial charge < -0.3 is 14.4 Å². The fourth-order valence-corrected chi connectivity index (χ4v) is 2.88. The molecule has 23 heavy (non-hydrogen) atoms. The maximum Gasteiger partial charge on any atom is 0.222 e. The smallest absolute Gasteiger partial charge is 0.222 e. The van der Waals surface area contributed by atoms with Gasteiger partial charge in [-0.25, -0.2) is 9.97 Å². The van der Waals surface area contributed by atoms with Gasteiger partial charge in [-0.1, -0.05) is 6.92 Å². The lowest BCUT2D eigenvalue weighted by atomic mass is 10.2. The maximum absolute atomic E-state index is 12.0. The molecular formula is C17H23N5O. The van der Waals surface area contributed by atoms with Crippen LogP contribution in [0.3, 0.4) is 0 Å². The van der Waals surface area contributed by atoms with Crippen LogP contribution in [0.25, 0.3) is 5.82 Å². The number of carbonyl (C=O) groups excluding carboxylic acids is 1. The van der Waals surface area contributed by atoms with Crippen molar-refractivity contribution in [2.45, 2.75) is 26.7 Å². The summed E-state index contributed by atoms with van der Waals surface area (Å²) in [7, 11) is 0. The molecule has 0 radical (unpaired) electrons. The van der Waals surface area contributed by atoms with E-state index in [0.29, 0.717) is 6.42 Å². The molecule has 6 nitrogen and oxygen atoms in total. The molecule has 6 heteroatoms. The van der Waals surface area contributed by atoms with E-state index in [1.807, 2.05) is 53.9 Å². The van der Waals surface area contributed by atoms with Crippen LogP contribution in [0.15, 0.2) is 30.6 Å². The van der Waals surface area contributed by atoms with Gasteiger partial charge in [-0.3, -0.25) is 4.79 Å². The first kappa shape index (κ1) is 15.5. The predicted octanol–water partition coefficient (Wildman–Crippen LogP) is 2.02. The van der Waals surface area contributed by atoms with E-state index in [0.717, 1.165) is 50.1 Å². The Bertz CT molecular complexity index is 660. The highest BCUT2D eigenvalue weighted by atomic mass is 16.2. The van der Waals surface area contributed by atoms with Crippen LogP contribution in [-0.4, -0.2) is 51.5 Å². The third-order valence-electron chi connectivity index (χ3n) is 4.10. The Hall–Kier alpha value is -2.37. The zero-order valence-corrected chi connectivity index (χ0v) is 13.8. The van der Waals surface area contributed by atoms with E-state index in [-0.39, 0.29) is 5.91 Å². The second kappa shape index (κ2) is 6.81. The van der Waals surface area contributed by atoms with Crippen LogP contribution in [0.5, 0.6) is 0 Å². The van der Waals surface area contributed by atoms with E-state index in [1.165, 1.54) is 0 Å². The van der Waals surface area contributed by atoms with Gasteiger partial charge in [0.05, 0.1) is 0 Å². The fourth-order valence-electron chi connectivity index (χ4n) is 2.88. The molecule has 0 spiro atoms. The standard InChI is InChI=1S/C17H23N5O/c1-3-6-17(23)22-11-9-21(10-12-22)16-13-15(18-14(2)19-16)20-7-4-5-8-20/h4-5,7-8,13H,3,6,9-12H2,1-2H3. The average molecular weight is 313 g/mol. The average Bonchev–Trinajstić information content (AvgIpc) is 3.09. The van der Waals surface area contributed by atoms with Gasteiger partial charge in [0.1, 0.15) is 17.5 Å². The summed E-state index contributed by atoms with van der Waals surface area (Å²) in [6.07, 6.45) is 5.51. The minimum Gasteiger partial charge on any atom is -0.353 e. The summed E-state index contributed by atoms with van der Waals surface area (Å²) < 4.78 is 1.99. The Kier molecular flexibility index (Phi) is 4.60. The number of anilines is 1. The second-order valence-corrected chi connectivity index (χ2v) is 5.84. The van der Waals surface area contributed by atoms with Crippen molar-refractivity contribution in [3.63, 3.8) is 0 Å². The van der Waals surface area contributed by atoms with Crippen molar-refractivity contribution in [3.8, 4) is 5.82 Å². The summed E-state index contributed by atoms with van der Waals surface area (Å²) in [5.41, 5.74) is 0. The molecule has 2 aromatic heterocycles. The first-order valence-electron chi connectivity index (χ1n) is 8.19. The number of aryl methyl sites for hydroxylation is 1. The van der Waals surface area contributed by atoms with E-state index in [2.05, 4.69) is 14.9 Å². The summed E-state index contributed by atoms with van der Waals surface area (Å²) in [5, 5.41) is 0. The predicted molar refractivity (Wildman–Crippen MR) is 89.8 cm³/mol. The van der Waals surface area contributed by atoms with Crippen molar-refractivity contribution in [2.75, 3.05) is 31.1 Å². The van der Waals surface area contributed by atoms with E-state index in [1.54, 1.807) is 0 Å². The van der Waals surface area contributed by atoms with Crippen molar-refractivity contribution in [2.24, 2.45) is 0 Å². The molecule has 122 valence electrons. The van der Waals surface area contributed by atoms with Gasteiger partial charge in [0.25, 0.3) is 0 Å². The van der Waals surface area contributed by atoms with Crippen LogP contribution in [0.2, 0.25) is 0 Å². The van der Waals surface area contributed by atoms with Crippen LogP contribution in [-0.2, 0) is 4.79 Å². The number of rotatable bonds is 4.